The molecule has 2 unspecified atom stereocenters. The second-order valence-corrected chi connectivity index (χ2v) is 5.51. The molecule has 1 aromatic carbocycles. The summed E-state index contributed by atoms with van der Waals surface area (Å²) in [6.45, 7) is 0. The van der Waals surface area contributed by atoms with E-state index in [-0.39, 0.29) is 12.1 Å². The Bertz CT molecular complexity index is 432. The van der Waals surface area contributed by atoms with Crippen LogP contribution in [-0.4, -0.2) is 20.3 Å². The quantitative estimate of drug-likeness (QED) is 0.887. The summed E-state index contributed by atoms with van der Waals surface area (Å²) in [6.07, 6.45) is 5.68. The van der Waals surface area contributed by atoms with E-state index in [4.69, 9.17) is 4.74 Å². The van der Waals surface area contributed by atoms with Gasteiger partial charge in [0.25, 0.3) is 0 Å². The molecule has 2 atom stereocenters. The minimum absolute atomic E-state index is 0.128. The molecule has 1 saturated carbocycles. The molecular formula is C16H23F2NO. The largest absolute Gasteiger partial charge is 0.379 e. The molecule has 20 heavy (non-hydrogen) atoms. The fourth-order valence-corrected chi connectivity index (χ4v) is 3.32. The highest BCUT2D eigenvalue weighted by atomic mass is 19.2. The highest BCUT2D eigenvalue weighted by Crippen LogP contribution is 2.35. The SMILES string of the molecule is CNC(c1cccc(F)c1F)C(OC)C1CCCCC1. The predicted octanol–water partition coefficient (Wildman–Crippen LogP) is 3.82. The normalized spacial score (nSPS) is 19.8. The third kappa shape index (κ3) is 3.18. The van der Waals surface area contributed by atoms with Crippen molar-refractivity contribution in [3.8, 4) is 0 Å². The summed E-state index contributed by atoms with van der Waals surface area (Å²) in [4.78, 5) is 0. The monoisotopic (exact) mass is 283 g/mol. The molecule has 2 nitrogen and oxygen atoms in total. The maximum absolute atomic E-state index is 14.0. The summed E-state index contributed by atoms with van der Waals surface area (Å²) in [6, 6.07) is 4.01. The van der Waals surface area contributed by atoms with Crippen LogP contribution in [0.3, 0.4) is 0 Å². The van der Waals surface area contributed by atoms with E-state index in [1.54, 1.807) is 26.3 Å². The van der Waals surface area contributed by atoms with Crippen LogP contribution in [-0.2, 0) is 4.74 Å². The van der Waals surface area contributed by atoms with E-state index in [1.165, 1.54) is 19.3 Å². The molecule has 1 aliphatic carbocycles. The van der Waals surface area contributed by atoms with Crippen molar-refractivity contribution in [2.45, 2.75) is 44.2 Å². The summed E-state index contributed by atoms with van der Waals surface area (Å²) in [5, 5.41) is 3.10. The van der Waals surface area contributed by atoms with Crippen LogP contribution in [0, 0.1) is 17.6 Å². The Morgan fingerprint density at radius 2 is 1.90 bits per heavy atom. The summed E-state index contributed by atoms with van der Waals surface area (Å²) in [5.41, 5.74) is 0.352. The molecule has 0 saturated heterocycles. The van der Waals surface area contributed by atoms with Gasteiger partial charge < -0.3 is 10.1 Å². The van der Waals surface area contributed by atoms with Crippen LogP contribution >= 0.6 is 0 Å². The van der Waals surface area contributed by atoms with E-state index in [0.717, 1.165) is 18.9 Å². The Kier molecular flexibility index (Phi) is 5.49. The van der Waals surface area contributed by atoms with E-state index in [2.05, 4.69) is 5.32 Å². The van der Waals surface area contributed by atoms with E-state index in [1.807, 2.05) is 0 Å². The Hall–Kier alpha value is -1.00. The Balaban J connectivity index is 2.26. The topological polar surface area (TPSA) is 21.3 Å². The van der Waals surface area contributed by atoms with Crippen LogP contribution in [0.15, 0.2) is 18.2 Å². The first-order valence-corrected chi connectivity index (χ1v) is 7.33. The average molecular weight is 283 g/mol. The van der Waals surface area contributed by atoms with Gasteiger partial charge >= 0.3 is 0 Å². The lowest BCUT2D eigenvalue weighted by atomic mass is 9.81. The highest BCUT2D eigenvalue weighted by Gasteiger charge is 2.32. The van der Waals surface area contributed by atoms with Crippen LogP contribution in [0.2, 0.25) is 0 Å². The molecule has 0 spiro atoms. The zero-order valence-corrected chi connectivity index (χ0v) is 12.2. The Morgan fingerprint density at radius 3 is 2.50 bits per heavy atom. The molecule has 0 amide bonds. The minimum Gasteiger partial charge on any atom is -0.379 e. The predicted molar refractivity (Wildman–Crippen MR) is 75.5 cm³/mol. The van der Waals surface area contributed by atoms with Crippen LogP contribution in [0.5, 0.6) is 0 Å². The lowest BCUT2D eigenvalue weighted by Crippen LogP contribution is -2.38. The summed E-state index contributed by atoms with van der Waals surface area (Å²) in [7, 11) is 3.42. The number of hydrogen-bond acceptors (Lipinski definition) is 2. The lowest BCUT2D eigenvalue weighted by molar-refractivity contribution is 0.00844. The van der Waals surface area contributed by atoms with Crippen LogP contribution in [0.1, 0.15) is 43.7 Å². The molecule has 112 valence electrons. The van der Waals surface area contributed by atoms with Gasteiger partial charge in [0.1, 0.15) is 0 Å². The third-order valence-electron chi connectivity index (χ3n) is 4.34. The molecule has 1 fully saturated rings. The number of methoxy groups -OCH3 is 1. The first-order chi connectivity index (χ1) is 9.69. The number of rotatable bonds is 5. The van der Waals surface area contributed by atoms with E-state index < -0.39 is 11.6 Å². The van der Waals surface area contributed by atoms with Crippen molar-refractivity contribution in [3.63, 3.8) is 0 Å². The Labute approximate surface area is 119 Å². The van der Waals surface area contributed by atoms with E-state index >= 15 is 0 Å². The summed E-state index contributed by atoms with van der Waals surface area (Å²) >= 11 is 0. The van der Waals surface area contributed by atoms with Gasteiger partial charge in [-0.15, -0.1) is 0 Å². The van der Waals surface area contributed by atoms with E-state index in [0.29, 0.717) is 11.5 Å². The lowest BCUT2D eigenvalue weighted by Gasteiger charge is -2.35. The van der Waals surface area contributed by atoms with Gasteiger partial charge in [-0.2, -0.15) is 0 Å². The van der Waals surface area contributed by atoms with Crippen molar-refractivity contribution in [1.82, 2.24) is 5.32 Å². The number of benzene rings is 1. The molecule has 4 heteroatoms. The average Bonchev–Trinajstić information content (AvgIpc) is 2.49. The zero-order valence-electron chi connectivity index (χ0n) is 12.2. The fourth-order valence-electron chi connectivity index (χ4n) is 3.32. The van der Waals surface area contributed by atoms with Gasteiger partial charge in [0.2, 0.25) is 0 Å². The van der Waals surface area contributed by atoms with Crippen molar-refractivity contribution in [1.29, 1.82) is 0 Å². The van der Waals surface area contributed by atoms with Gasteiger partial charge in [-0.05, 0) is 31.9 Å². The molecule has 2 rings (SSSR count). The second-order valence-electron chi connectivity index (χ2n) is 5.51. The van der Waals surface area contributed by atoms with Crippen molar-refractivity contribution in [2.75, 3.05) is 14.2 Å². The maximum atomic E-state index is 14.0. The van der Waals surface area contributed by atoms with Gasteiger partial charge in [-0.3, -0.25) is 0 Å². The van der Waals surface area contributed by atoms with Crippen molar-refractivity contribution in [3.05, 3.63) is 35.4 Å². The molecule has 0 aliphatic heterocycles. The highest BCUT2D eigenvalue weighted by molar-refractivity contribution is 5.24. The first kappa shape index (κ1) is 15.4. The zero-order chi connectivity index (χ0) is 14.5. The number of ether oxygens (including phenoxy) is 1. The van der Waals surface area contributed by atoms with Crippen molar-refractivity contribution in [2.24, 2.45) is 5.92 Å². The van der Waals surface area contributed by atoms with E-state index in [9.17, 15) is 8.78 Å². The smallest absolute Gasteiger partial charge is 0.163 e. The number of hydrogen-bond donors (Lipinski definition) is 1. The minimum atomic E-state index is -0.804. The van der Waals surface area contributed by atoms with Gasteiger partial charge in [0, 0.05) is 12.7 Å². The maximum Gasteiger partial charge on any atom is 0.163 e. The third-order valence-corrected chi connectivity index (χ3v) is 4.34. The molecule has 0 heterocycles. The van der Waals surface area contributed by atoms with Crippen LogP contribution < -0.4 is 5.32 Å². The van der Waals surface area contributed by atoms with Gasteiger partial charge in [0.05, 0.1) is 12.1 Å². The Morgan fingerprint density at radius 1 is 1.20 bits per heavy atom. The summed E-state index contributed by atoms with van der Waals surface area (Å²) in [5.74, 6) is -1.18. The molecule has 0 radical (unpaired) electrons. The number of likely N-dealkylation sites (N-methyl/N-ethyl adjacent to an activating group) is 1. The van der Waals surface area contributed by atoms with Crippen LogP contribution in [0.25, 0.3) is 0 Å². The standard InChI is InChI=1S/C16H23F2NO/c1-19-15(12-9-6-10-13(17)14(12)18)16(20-2)11-7-4-3-5-8-11/h6,9-11,15-16,19H,3-5,7-8H2,1-2H3. The van der Waals surface area contributed by atoms with Gasteiger partial charge in [0.15, 0.2) is 11.6 Å². The second kappa shape index (κ2) is 7.14. The molecule has 1 N–H and O–H groups in total. The van der Waals surface area contributed by atoms with Crippen molar-refractivity contribution < 1.29 is 13.5 Å². The van der Waals surface area contributed by atoms with Crippen molar-refractivity contribution >= 4 is 0 Å². The molecule has 0 bridgehead atoms. The molecule has 0 aromatic heterocycles. The molecule has 1 aliphatic rings. The van der Waals surface area contributed by atoms with Gasteiger partial charge in [-0.25, -0.2) is 8.78 Å². The van der Waals surface area contributed by atoms with Gasteiger partial charge in [-0.1, -0.05) is 31.4 Å². The van der Waals surface area contributed by atoms with Crippen LogP contribution in [0.4, 0.5) is 8.78 Å². The summed E-state index contributed by atoms with van der Waals surface area (Å²) < 4.78 is 33.1. The molecular weight excluding hydrogens is 260 g/mol. The number of nitrogens with one attached hydrogen (secondary N) is 1. The fraction of sp³-hybridized carbons (Fsp3) is 0.625. The first-order valence-electron chi connectivity index (χ1n) is 7.33. The molecule has 1 aromatic rings. The number of halogens is 2.